The Balaban J connectivity index is -0.000000249. The Labute approximate surface area is 133 Å². The van der Waals surface area contributed by atoms with Gasteiger partial charge >= 0.3 is 0 Å². The SMILES string of the molecule is CCCC.CCCN(C=O)CCC.CCOC(C)OCC. The van der Waals surface area contributed by atoms with Crippen molar-refractivity contribution < 1.29 is 14.3 Å². The molecule has 0 aliphatic heterocycles. The smallest absolute Gasteiger partial charge is 0.209 e. The van der Waals surface area contributed by atoms with Gasteiger partial charge < -0.3 is 14.4 Å². The molecule has 21 heavy (non-hydrogen) atoms. The van der Waals surface area contributed by atoms with E-state index in [0.29, 0.717) is 0 Å². The minimum absolute atomic E-state index is 0.0370. The molecule has 0 saturated heterocycles. The molecule has 0 aliphatic carbocycles. The number of rotatable bonds is 10. The Hall–Kier alpha value is -0.610. The van der Waals surface area contributed by atoms with Crippen LogP contribution in [0.4, 0.5) is 0 Å². The maximum absolute atomic E-state index is 10.2. The van der Waals surface area contributed by atoms with Crippen LogP contribution in [0.25, 0.3) is 0 Å². The highest BCUT2D eigenvalue weighted by Gasteiger charge is 1.95. The van der Waals surface area contributed by atoms with Gasteiger partial charge in [0.15, 0.2) is 6.29 Å². The molecule has 0 radical (unpaired) electrons. The summed E-state index contributed by atoms with van der Waals surface area (Å²) in [7, 11) is 0. The number of unbranched alkanes of at least 4 members (excludes halogenated alkanes) is 1. The Morgan fingerprint density at radius 3 is 1.38 bits per heavy atom. The molecule has 0 aromatic heterocycles. The van der Waals surface area contributed by atoms with E-state index in [1.54, 1.807) is 4.90 Å². The minimum Gasteiger partial charge on any atom is -0.353 e. The molecule has 0 heterocycles. The van der Waals surface area contributed by atoms with Crippen LogP contribution in [0.1, 0.15) is 74.1 Å². The molecule has 4 nitrogen and oxygen atoms in total. The lowest BCUT2D eigenvalue weighted by molar-refractivity contribution is -0.123. The van der Waals surface area contributed by atoms with Gasteiger partial charge in [-0.05, 0) is 33.6 Å². The van der Waals surface area contributed by atoms with Crippen molar-refractivity contribution in [2.75, 3.05) is 26.3 Å². The predicted molar refractivity (Wildman–Crippen MR) is 91.5 cm³/mol. The Morgan fingerprint density at radius 1 is 0.810 bits per heavy atom. The topological polar surface area (TPSA) is 38.8 Å². The van der Waals surface area contributed by atoms with Crippen molar-refractivity contribution in [1.82, 2.24) is 4.90 Å². The molecule has 0 aromatic rings. The van der Waals surface area contributed by atoms with E-state index in [0.717, 1.165) is 45.6 Å². The van der Waals surface area contributed by atoms with Crippen LogP contribution >= 0.6 is 0 Å². The molecule has 1 amide bonds. The number of nitrogens with zero attached hydrogens (tertiary/aromatic N) is 1. The number of carbonyl (C=O) groups is 1. The van der Waals surface area contributed by atoms with E-state index < -0.39 is 0 Å². The second-order valence-corrected chi connectivity index (χ2v) is 4.62. The second kappa shape index (κ2) is 24.4. The second-order valence-electron chi connectivity index (χ2n) is 4.62. The van der Waals surface area contributed by atoms with E-state index in [1.165, 1.54) is 12.8 Å². The molecular formula is C17H39NO3. The molecule has 0 saturated carbocycles. The first kappa shape index (κ1) is 25.3. The maximum atomic E-state index is 10.2. The van der Waals surface area contributed by atoms with E-state index in [-0.39, 0.29) is 6.29 Å². The summed E-state index contributed by atoms with van der Waals surface area (Å²) in [6, 6.07) is 0. The van der Waals surface area contributed by atoms with Crippen molar-refractivity contribution in [3.8, 4) is 0 Å². The van der Waals surface area contributed by atoms with Crippen molar-refractivity contribution in [1.29, 1.82) is 0 Å². The quantitative estimate of drug-likeness (QED) is 0.441. The first-order valence-electron chi connectivity index (χ1n) is 8.50. The molecule has 0 spiro atoms. The van der Waals surface area contributed by atoms with Crippen molar-refractivity contribution in [3.63, 3.8) is 0 Å². The van der Waals surface area contributed by atoms with Crippen molar-refractivity contribution in [3.05, 3.63) is 0 Å². The summed E-state index contributed by atoms with van der Waals surface area (Å²) in [6.45, 7) is 17.6. The minimum atomic E-state index is -0.0370. The monoisotopic (exact) mass is 305 g/mol. The van der Waals surface area contributed by atoms with Crippen LogP contribution in [0, 0.1) is 0 Å². The van der Waals surface area contributed by atoms with Crippen LogP contribution in [0.3, 0.4) is 0 Å². The Morgan fingerprint density at radius 2 is 1.19 bits per heavy atom. The Bertz CT molecular complexity index is 163. The van der Waals surface area contributed by atoms with Crippen molar-refractivity contribution in [2.24, 2.45) is 0 Å². The predicted octanol–water partition coefficient (Wildman–Crippen LogP) is 4.48. The zero-order valence-corrected chi connectivity index (χ0v) is 15.5. The van der Waals surface area contributed by atoms with Crippen LogP contribution in [0.2, 0.25) is 0 Å². The molecule has 4 heteroatoms. The third kappa shape index (κ3) is 28.3. The van der Waals surface area contributed by atoms with Gasteiger partial charge in [0.05, 0.1) is 0 Å². The van der Waals surface area contributed by atoms with Crippen LogP contribution in [0.5, 0.6) is 0 Å². The first-order chi connectivity index (χ1) is 10.1. The van der Waals surface area contributed by atoms with Gasteiger partial charge in [-0.1, -0.05) is 40.5 Å². The van der Waals surface area contributed by atoms with Crippen LogP contribution < -0.4 is 0 Å². The average Bonchev–Trinajstić information content (AvgIpc) is 2.48. The van der Waals surface area contributed by atoms with E-state index in [9.17, 15) is 4.79 Å². The summed E-state index contributed by atoms with van der Waals surface area (Å²) >= 11 is 0. The molecule has 0 N–H and O–H groups in total. The molecular weight excluding hydrogens is 266 g/mol. The third-order valence-electron chi connectivity index (χ3n) is 2.47. The average molecular weight is 306 g/mol. The van der Waals surface area contributed by atoms with Gasteiger partial charge in [0.2, 0.25) is 6.41 Å². The highest BCUT2D eigenvalue weighted by molar-refractivity contribution is 5.46. The van der Waals surface area contributed by atoms with E-state index in [1.807, 2.05) is 20.8 Å². The fourth-order valence-electron chi connectivity index (χ4n) is 1.31. The Kier molecular flexibility index (Phi) is 29.5. The molecule has 0 aliphatic rings. The van der Waals surface area contributed by atoms with Crippen LogP contribution in [-0.2, 0) is 14.3 Å². The van der Waals surface area contributed by atoms with Crippen molar-refractivity contribution in [2.45, 2.75) is 80.4 Å². The highest BCUT2D eigenvalue weighted by Crippen LogP contribution is 1.90. The summed E-state index contributed by atoms with van der Waals surface area (Å²) in [5, 5.41) is 0. The number of ether oxygens (including phenoxy) is 2. The summed E-state index contributed by atoms with van der Waals surface area (Å²) in [4.78, 5) is 12.0. The zero-order valence-electron chi connectivity index (χ0n) is 15.5. The van der Waals surface area contributed by atoms with Gasteiger partial charge in [-0.3, -0.25) is 4.79 Å². The molecule has 0 unspecified atom stereocenters. The molecule has 0 rings (SSSR count). The van der Waals surface area contributed by atoms with Crippen LogP contribution in [0.15, 0.2) is 0 Å². The van der Waals surface area contributed by atoms with E-state index in [4.69, 9.17) is 9.47 Å². The number of carbonyl (C=O) groups excluding carboxylic acids is 1. The standard InChI is InChI=1S/C7H15NO.C6H14O2.C4H10/c1-3-5-8(7-9)6-4-2;1-4-7-6(3)8-5-2;1-3-4-2/h7H,3-6H2,1-2H3;6H,4-5H2,1-3H3;3-4H2,1-2H3. The lowest BCUT2D eigenvalue weighted by Crippen LogP contribution is -2.23. The van der Waals surface area contributed by atoms with E-state index in [2.05, 4.69) is 27.7 Å². The van der Waals surface area contributed by atoms with Crippen LogP contribution in [-0.4, -0.2) is 43.9 Å². The summed E-state index contributed by atoms with van der Waals surface area (Å²) < 4.78 is 10.1. The number of amides is 1. The van der Waals surface area contributed by atoms with Gasteiger partial charge in [0, 0.05) is 26.3 Å². The van der Waals surface area contributed by atoms with Gasteiger partial charge in [-0.25, -0.2) is 0 Å². The van der Waals surface area contributed by atoms with Gasteiger partial charge in [-0.15, -0.1) is 0 Å². The highest BCUT2D eigenvalue weighted by atomic mass is 16.7. The maximum Gasteiger partial charge on any atom is 0.209 e. The normalized spacial score (nSPS) is 9.33. The molecule has 0 bridgehead atoms. The molecule has 130 valence electrons. The zero-order chi connectivity index (χ0) is 16.9. The van der Waals surface area contributed by atoms with Gasteiger partial charge in [0.1, 0.15) is 0 Å². The van der Waals surface area contributed by atoms with E-state index >= 15 is 0 Å². The number of hydrogen-bond acceptors (Lipinski definition) is 3. The largest absolute Gasteiger partial charge is 0.353 e. The third-order valence-corrected chi connectivity index (χ3v) is 2.47. The lowest BCUT2D eigenvalue weighted by atomic mass is 10.4. The number of hydrogen-bond donors (Lipinski definition) is 0. The summed E-state index contributed by atoms with van der Waals surface area (Å²) in [5.74, 6) is 0. The molecule has 0 fully saturated rings. The molecule has 0 aromatic carbocycles. The first-order valence-corrected chi connectivity index (χ1v) is 8.50. The fourth-order valence-corrected chi connectivity index (χ4v) is 1.31. The summed E-state index contributed by atoms with van der Waals surface area (Å²) in [5.41, 5.74) is 0. The van der Waals surface area contributed by atoms with Crippen molar-refractivity contribution >= 4 is 6.41 Å². The van der Waals surface area contributed by atoms with Gasteiger partial charge in [-0.2, -0.15) is 0 Å². The molecule has 0 atom stereocenters. The summed E-state index contributed by atoms with van der Waals surface area (Å²) in [6.07, 6.45) is 5.63. The fraction of sp³-hybridized carbons (Fsp3) is 0.941. The lowest BCUT2D eigenvalue weighted by Gasteiger charge is -2.13. The van der Waals surface area contributed by atoms with Gasteiger partial charge in [0.25, 0.3) is 0 Å².